The number of carbonyl (C=O) groups excluding carboxylic acids is 1. The van der Waals surface area contributed by atoms with Crippen LogP contribution in [0.1, 0.15) is 0 Å². The summed E-state index contributed by atoms with van der Waals surface area (Å²) in [5.74, 6) is 0.983. The molecule has 0 aliphatic rings. The van der Waals surface area contributed by atoms with E-state index >= 15 is 0 Å². The van der Waals surface area contributed by atoms with Crippen molar-refractivity contribution in [2.45, 2.75) is 6.54 Å². The lowest BCUT2D eigenvalue weighted by Crippen LogP contribution is -2.40. The van der Waals surface area contributed by atoms with E-state index in [9.17, 15) is 14.4 Å². The third kappa shape index (κ3) is 4.33. The van der Waals surface area contributed by atoms with Gasteiger partial charge in [-0.25, -0.2) is 9.36 Å². The average Bonchev–Trinajstić information content (AvgIpc) is 3.36. The van der Waals surface area contributed by atoms with Crippen LogP contribution in [0.3, 0.4) is 0 Å². The summed E-state index contributed by atoms with van der Waals surface area (Å²) in [6.45, 7) is -0.335. The Balaban J connectivity index is 1.77. The van der Waals surface area contributed by atoms with Crippen LogP contribution in [0.4, 0.5) is 5.69 Å². The van der Waals surface area contributed by atoms with Crippen LogP contribution in [0.5, 0.6) is 23.0 Å². The first-order valence-corrected chi connectivity index (χ1v) is 11.3. The van der Waals surface area contributed by atoms with Gasteiger partial charge in [0.2, 0.25) is 11.7 Å². The van der Waals surface area contributed by atoms with E-state index in [2.05, 4.69) is 5.32 Å². The molecule has 2 aromatic heterocycles. The molecule has 11 heteroatoms. The molecule has 1 amide bonds. The number of rotatable bonds is 8. The van der Waals surface area contributed by atoms with Gasteiger partial charge in [0.25, 0.3) is 5.56 Å². The van der Waals surface area contributed by atoms with Crippen molar-refractivity contribution in [1.82, 2.24) is 9.13 Å². The molecule has 0 bridgehead atoms. The summed E-state index contributed by atoms with van der Waals surface area (Å²) in [6.07, 6.45) is 0. The van der Waals surface area contributed by atoms with Gasteiger partial charge < -0.3 is 24.3 Å². The molecule has 0 unspecified atom stereocenters. The number of amides is 1. The number of hydrogen-bond donors (Lipinski definition) is 1. The standard InChI is InChI=1S/C24H23N3O7S/c1-31-17-8-6-5-7-15(17)27-23(29)22-16(9-10-35-22)26(24(27)30)13-20(28)25-14-11-18(32-2)21(34-4)19(12-14)33-3/h5-12H,13H2,1-4H3,(H,25,28). The fourth-order valence-corrected chi connectivity index (χ4v) is 4.59. The van der Waals surface area contributed by atoms with Crippen LogP contribution in [0.2, 0.25) is 0 Å². The number of carbonyl (C=O) groups is 1. The molecular formula is C24H23N3O7S. The van der Waals surface area contributed by atoms with Crippen LogP contribution in [0.25, 0.3) is 15.9 Å². The summed E-state index contributed by atoms with van der Waals surface area (Å²) in [5, 5.41) is 4.45. The number of benzene rings is 2. The zero-order valence-electron chi connectivity index (χ0n) is 19.5. The second kappa shape index (κ2) is 9.94. The van der Waals surface area contributed by atoms with Crippen molar-refractivity contribution in [3.63, 3.8) is 0 Å². The number of nitrogens with zero attached hydrogens (tertiary/aromatic N) is 2. The third-order valence-corrected chi connectivity index (χ3v) is 6.22. The quantitative estimate of drug-likeness (QED) is 0.399. The highest BCUT2D eigenvalue weighted by atomic mass is 32.1. The number of ether oxygens (including phenoxy) is 4. The molecule has 0 saturated heterocycles. The van der Waals surface area contributed by atoms with E-state index < -0.39 is 17.2 Å². The fourth-order valence-electron chi connectivity index (χ4n) is 3.76. The van der Waals surface area contributed by atoms with E-state index in [0.717, 1.165) is 4.57 Å². The molecule has 0 atom stereocenters. The first-order valence-electron chi connectivity index (χ1n) is 10.4. The summed E-state index contributed by atoms with van der Waals surface area (Å²) in [6, 6.07) is 11.5. The number of hydrogen-bond acceptors (Lipinski definition) is 8. The highest BCUT2D eigenvalue weighted by molar-refractivity contribution is 7.17. The van der Waals surface area contributed by atoms with Crippen molar-refractivity contribution >= 4 is 33.1 Å². The number of methoxy groups -OCH3 is 4. The second-order valence-corrected chi connectivity index (χ2v) is 8.19. The predicted octanol–water partition coefficient (Wildman–Crippen LogP) is 2.89. The molecule has 4 rings (SSSR count). The zero-order valence-corrected chi connectivity index (χ0v) is 20.3. The number of anilines is 1. The molecule has 10 nitrogen and oxygen atoms in total. The van der Waals surface area contributed by atoms with E-state index in [4.69, 9.17) is 18.9 Å². The minimum atomic E-state index is -0.662. The SMILES string of the molecule is COc1ccccc1-n1c(=O)c2sccc2n(CC(=O)Nc2cc(OC)c(OC)c(OC)c2)c1=O. The van der Waals surface area contributed by atoms with Crippen molar-refractivity contribution in [3.05, 3.63) is 68.7 Å². The Bertz CT molecular complexity index is 1490. The molecule has 0 aliphatic heterocycles. The fraction of sp³-hybridized carbons (Fsp3) is 0.208. The lowest BCUT2D eigenvalue weighted by Gasteiger charge is -2.16. The number of para-hydroxylation sites is 2. The maximum atomic E-state index is 13.5. The molecule has 0 fully saturated rings. The first-order chi connectivity index (χ1) is 16.9. The normalized spacial score (nSPS) is 10.7. The molecule has 0 saturated carbocycles. The van der Waals surface area contributed by atoms with Crippen LogP contribution < -0.4 is 35.5 Å². The van der Waals surface area contributed by atoms with Gasteiger partial charge in [0, 0.05) is 17.8 Å². The van der Waals surface area contributed by atoms with E-state index in [1.54, 1.807) is 47.8 Å². The van der Waals surface area contributed by atoms with Crippen LogP contribution >= 0.6 is 11.3 Å². The van der Waals surface area contributed by atoms with Crippen molar-refractivity contribution < 1.29 is 23.7 Å². The van der Waals surface area contributed by atoms with Gasteiger partial charge in [-0.1, -0.05) is 12.1 Å². The monoisotopic (exact) mass is 497 g/mol. The van der Waals surface area contributed by atoms with Gasteiger partial charge in [-0.2, -0.15) is 0 Å². The second-order valence-electron chi connectivity index (χ2n) is 7.28. The maximum Gasteiger partial charge on any atom is 0.336 e. The van der Waals surface area contributed by atoms with Gasteiger partial charge in [0.15, 0.2) is 11.5 Å². The highest BCUT2D eigenvalue weighted by Gasteiger charge is 2.20. The van der Waals surface area contributed by atoms with E-state index in [0.29, 0.717) is 44.6 Å². The zero-order chi connectivity index (χ0) is 25.1. The summed E-state index contributed by atoms with van der Waals surface area (Å²) >= 11 is 1.19. The third-order valence-electron chi connectivity index (χ3n) is 5.33. The predicted molar refractivity (Wildman–Crippen MR) is 133 cm³/mol. The molecular weight excluding hydrogens is 474 g/mol. The van der Waals surface area contributed by atoms with Crippen molar-refractivity contribution in [1.29, 1.82) is 0 Å². The number of nitrogens with one attached hydrogen (secondary N) is 1. The van der Waals surface area contributed by atoms with Gasteiger partial charge in [0.05, 0.1) is 39.6 Å². The number of aromatic nitrogens is 2. The molecule has 4 aromatic rings. The summed E-state index contributed by atoms with van der Waals surface area (Å²) in [5.41, 5.74) is -0.0938. The summed E-state index contributed by atoms with van der Waals surface area (Å²) in [7, 11) is 5.87. The number of fused-ring (bicyclic) bond motifs is 1. The molecule has 2 aromatic carbocycles. The van der Waals surface area contributed by atoms with E-state index in [1.165, 1.54) is 44.3 Å². The highest BCUT2D eigenvalue weighted by Crippen LogP contribution is 2.39. The van der Waals surface area contributed by atoms with Gasteiger partial charge in [0.1, 0.15) is 17.0 Å². The topological polar surface area (TPSA) is 110 Å². The Hall–Kier alpha value is -4.25. The minimum absolute atomic E-state index is 0.291. The largest absolute Gasteiger partial charge is 0.495 e. The molecule has 2 heterocycles. The van der Waals surface area contributed by atoms with Gasteiger partial charge >= 0.3 is 5.69 Å². The van der Waals surface area contributed by atoms with E-state index in [1.807, 2.05) is 0 Å². The molecule has 0 aliphatic carbocycles. The Kier molecular flexibility index (Phi) is 6.78. The van der Waals surface area contributed by atoms with Gasteiger partial charge in [-0.05, 0) is 23.6 Å². The minimum Gasteiger partial charge on any atom is -0.495 e. The molecule has 182 valence electrons. The van der Waals surface area contributed by atoms with Crippen LogP contribution in [0, 0.1) is 0 Å². The van der Waals surface area contributed by atoms with Crippen LogP contribution in [-0.4, -0.2) is 43.5 Å². The Morgan fingerprint density at radius 1 is 0.914 bits per heavy atom. The average molecular weight is 498 g/mol. The summed E-state index contributed by atoms with van der Waals surface area (Å²) in [4.78, 5) is 39.7. The first kappa shape index (κ1) is 23.9. The van der Waals surface area contributed by atoms with Gasteiger partial charge in [-0.3, -0.25) is 14.2 Å². The smallest absolute Gasteiger partial charge is 0.336 e. The van der Waals surface area contributed by atoms with Crippen molar-refractivity contribution in [2.75, 3.05) is 33.8 Å². The maximum absolute atomic E-state index is 13.5. The van der Waals surface area contributed by atoms with Crippen molar-refractivity contribution in [3.8, 4) is 28.7 Å². The Morgan fingerprint density at radius 3 is 2.20 bits per heavy atom. The van der Waals surface area contributed by atoms with E-state index in [-0.39, 0.29) is 6.54 Å². The number of thiophene rings is 1. The molecule has 35 heavy (non-hydrogen) atoms. The molecule has 0 radical (unpaired) electrons. The summed E-state index contributed by atoms with van der Waals surface area (Å²) < 4.78 is 23.9. The van der Waals surface area contributed by atoms with Crippen LogP contribution in [0.15, 0.2) is 57.4 Å². The molecule has 1 N–H and O–H groups in total. The van der Waals surface area contributed by atoms with Crippen molar-refractivity contribution in [2.24, 2.45) is 0 Å². The van der Waals surface area contributed by atoms with Gasteiger partial charge in [-0.15, -0.1) is 11.3 Å². The lowest BCUT2D eigenvalue weighted by atomic mass is 10.2. The van der Waals surface area contributed by atoms with Crippen LogP contribution in [-0.2, 0) is 11.3 Å². The lowest BCUT2D eigenvalue weighted by molar-refractivity contribution is -0.116. The Labute approximate surface area is 203 Å². The molecule has 0 spiro atoms. The Morgan fingerprint density at radius 2 is 1.57 bits per heavy atom.